The lowest BCUT2D eigenvalue weighted by atomic mass is 9.93. The minimum atomic E-state index is -0.732. The SMILES string of the molecule is CCOC(=O)COc1ccc(/C=c2\sc3n(c2=O)[C@H](c2ccccc2)C(C(=O)OCC)=C(c2ccccc2)N=3)cc1Br. The maximum absolute atomic E-state index is 14.0. The van der Waals surface area contributed by atoms with Crippen LogP contribution in [-0.4, -0.2) is 36.3 Å². The van der Waals surface area contributed by atoms with Gasteiger partial charge in [-0.2, -0.15) is 0 Å². The molecular formula is C32H27BrN2O6S. The topological polar surface area (TPSA) is 96.2 Å². The molecule has 0 saturated carbocycles. The van der Waals surface area contributed by atoms with Crippen molar-refractivity contribution in [1.29, 1.82) is 0 Å². The molecule has 0 saturated heterocycles. The molecule has 214 valence electrons. The van der Waals surface area contributed by atoms with Crippen LogP contribution >= 0.6 is 27.3 Å². The van der Waals surface area contributed by atoms with Crippen LogP contribution in [0.5, 0.6) is 5.75 Å². The van der Waals surface area contributed by atoms with E-state index in [2.05, 4.69) is 15.9 Å². The number of rotatable bonds is 9. The molecule has 0 fully saturated rings. The minimum Gasteiger partial charge on any atom is -0.481 e. The van der Waals surface area contributed by atoms with Gasteiger partial charge in [0, 0.05) is 5.56 Å². The molecule has 8 nitrogen and oxygen atoms in total. The third-order valence-electron chi connectivity index (χ3n) is 6.39. The van der Waals surface area contributed by atoms with E-state index >= 15 is 0 Å². The highest BCUT2D eigenvalue weighted by Gasteiger charge is 2.35. The summed E-state index contributed by atoms with van der Waals surface area (Å²) >= 11 is 4.73. The number of hydrogen-bond acceptors (Lipinski definition) is 8. The molecule has 0 N–H and O–H groups in total. The quantitative estimate of drug-likeness (QED) is 0.246. The molecular weight excluding hydrogens is 620 g/mol. The predicted octanol–water partition coefficient (Wildman–Crippen LogP) is 4.64. The van der Waals surface area contributed by atoms with Crippen LogP contribution < -0.4 is 19.6 Å². The molecule has 42 heavy (non-hydrogen) atoms. The van der Waals surface area contributed by atoms with Gasteiger partial charge in [-0.3, -0.25) is 9.36 Å². The van der Waals surface area contributed by atoms with Crippen molar-refractivity contribution >= 4 is 51.0 Å². The Kier molecular flexibility index (Phi) is 9.14. The number of carbonyl (C=O) groups is 2. The normalized spacial score (nSPS) is 14.6. The lowest BCUT2D eigenvalue weighted by molar-refractivity contribution is -0.145. The summed E-state index contributed by atoms with van der Waals surface area (Å²) in [5, 5.41) is 0. The number of thiazole rings is 1. The summed E-state index contributed by atoms with van der Waals surface area (Å²) in [5.41, 5.74) is 2.75. The first-order valence-electron chi connectivity index (χ1n) is 13.3. The molecule has 1 aromatic heterocycles. The Hall–Kier alpha value is -4.28. The van der Waals surface area contributed by atoms with E-state index in [4.69, 9.17) is 19.2 Å². The summed E-state index contributed by atoms with van der Waals surface area (Å²) in [7, 11) is 0. The van der Waals surface area contributed by atoms with Crippen LogP contribution in [-0.2, 0) is 19.1 Å². The number of aromatic nitrogens is 1. The number of nitrogens with zero attached hydrogens (tertiary/aromatic N) is 2. The van der Waals surface area contributed by atoms with Crippen molar-refractivity contribution in [3.63, 3.8) is 0 Å². The van der Waals surface area contributed by atoms with Gasteiger partial charge in [0.05, 0.1) is 39.5 Å². The van der Waals surface area contributed by atoms with Gasteiger partial charge in [0.1, 0.15) is 5.75 Å². The van der Waals surface area contributed by atoms with E-state index in [0.717, 1.165) is 16.7 Å². The minimum absolute atomic E-state index is 0.185. The van der Waals surface area contributed by atoms with Gasteiger partial charge >= 0.3 is 11.9 Å². The zero-order chi connectivity index (χ0) is 29.6. The van der Waals surface area contributed by atoms with E-state index in [0.29, 0.717) is 30.8 Å². The second kappa shape index (κ2) is 13.1. The molecule has 1 atom stereocenters. The summed E-state index contributed by atoms with van der Waals surface area (Å²) in [6.45, 7) is 3.73. The molecule has 10 heteroatoms. The van der Waals surface area contributed by atoms with E-state index in [1.165, 1.54) is 11.3 Å². The Labute approximate surface area is 254 Å². The maximum Gasteiger partial charge on any atom is 0.344 e. The zero-order valence-corrected chi connectivity index (χ0v) is 25.3. The summed E-state index contributed by atoms with van der Waals surface area (Å²) in [5.74, 6) is -0.512. The molecule has 0 radical (unpaired) electrons. The number of carbonyl (C=O) groups excluding carboxylic acids is 2. The predicted molar refractivity (Wildman–Crippen MR) is 164 cm³/mol. The maximum atomic E-state index is 14.0. The van der Waals surface area contributed by atoms with Crippen molar-refractivity contribution in [3.8, 4) is 5.75 Å². The van der Waals surface area contributed by atoms with Crippen molar-refractivity contribution in [2.24, 2.45) is 4.99 Å². The van der Waals surface area contributed by atoms with Gasteiger partial charge < -0.3 is 14.2 Å². The number of benzene rings is 3. The summed E-state index contributed by atoms with van der Waals surface area (Å²) in [4.78, 5) is 44.5. The monoisotopic (exact) mass is 646 g/mol. The fourth-order valence-electron chi connectivity index (χ4n) is 4.61. The molecule has 2 heterocycles. The van der Waals surface area contributed by atoms with Gasteiger partial charge in [0.15, 0.2) is 11.4 Å². The van der Waals surface area contributed by atoms with Gasteiger partial charge in [-0.1, -0.05) is 78.1 Å². The summed E-state index contributed by atoms with van der Waals surface area (Å²) < 4.78 is 18.6. The molecule has 5 rings (SSSR count). The molecule has 4 aromatic rings. The molecule has 1 aliphatic rings. The van der Waals surface area contributed by atoms with Crippen LogP contribution in [0.3, 0.4) is 0 Å². The van der Waals surface area contributed by atoms with Crippen LogP contribution in [0.2, 0.25) is 0 Å². The van der Waals surface area contributed by atoms with Crippen LogP contribution in [0.4, 0.5) is 0 Å². The second-order valence-corrected chi connectivity index (χ2v) is 11.0. The van der Waals surface area contributed by atoms with Gasteiger partial charge in [0.25, 0.3) is 5.56 Å². The fourth-order valence-corrected chi connectivity index (χ4v) is 6.12. The van der Waals surface area contributed by atoms with Crippen LogP contribution in [0.25, 0.3) is 11.8 Å². The standard InChI is InChI=1S/C32H27BrN2O6S/c1-3-39-26(36)19-41-24-16-15-20(17-23(24)33)18-25-30(37)35-29(22-13-9-6-10-14-22)27(31(38)40-4-2)28(34-32(35)42-25)21-11-7-5-8-12-21/h5-18,29H,3-4,19H2,1-2H3/b25-18-/t29-/m1/s1. The Morgan fingerprint density at radius 1 is 0.976 bits per heavy atom. The molecule has 0 aliphatic carbocycles. The van der Waals surface area contributed by atoms with Crippen molar-refractivity contribution < 1.29 is 23.8 Å². The Morgan fingerprint density at radius 3 is 2.33 bits per heavy atom. The Morgan fingerprint density at radius 2 is 1.67 bits per heavy atom. The average molecular weight is 648 g/mol. The second-order valence-electron chi connectivity index (χ2n) is 9.13. The first-order chi connectivity index (χ1) is 20.4. The average Bonchev–Trinajstić information content (AvgIpc) is 3.31. The smallest absolute Gasteiger partial charge is 0.344 e. The molecule has 0 unspecified atom stereocenters. The Bertz CT molecular complexity index is 1830. The number of hydrogen-bond donors (Lipinski definition) is 0. The third-order valence-corrected chi connectivity index (χ3v) is 8.00. The van der Waals surface area contributed by atoms with E-state index in [9.17, 15) is 14.4 Å². The molecule has 1 aliphatic heterocycles. The molecule has 0 amide bonds. The van der Waals surface area contributed by atoms with Gasteiger partial charge in [-0.25, -0.2) is 14.6 Å². The van der Waals surface area contributed by atoms with Crippen LogP contribution in [0.1, 0.15) is 36.6 Å². The summed E-state index contributed by atoms with van der Waals surface area (Å²) in [6.07, 6.45) is 1.77. The largest absolute Gasteiger partial charge is 0.481 e. The molecule has 3 aromatic carbocycles. The number of fused-ring (bicyclic) bond motifs is 1. The van der Waals surface area contributed by atoms with E-state index in [-0.39, 0.29) is 25.4 Å². The molecule has 0 spiro atoms. The number of halogens is 1. The summed E-state index contributed by atoms with van der Waals surface area (Å²) in [6, 6.07) is 23.4. The highest BCUT2D eigenvalue weighted by atomic mass is 79.9. The van der Waals surface area contributed by atoms with Crippen LogP contribution in [0.15, 0.2) is 98.7 Å². The number of esters is 2. The van der Waals surface area contributed by atoms with Gasteiger partial charge in [-0.15, -0.1) is 0 Å². The highest BCUT2D eigenvalue weighted by Crippen LogP contribution is 2.35. The first-order valence-corrected chi connectivity index (χ1v) is 14.9. The van der Waals surface area contributed by atoms with Crippen molar-refractivity contribution in [2.75, 3.05) is 19.8 Å². The highest BCUT2D eigenvalue weighted by molar-refractivity contribution is 9.10. The molecule has 0 bridgehead atoms. The van der Waals surface area contributed by atoms with Crippen molar-refractivity contribution in [2.45, 2.75) is 19.9 Å². The lowest BCUT2D eigenvalue weighted by Gasteiger charge is -2.25. The van der Waals surface area contributed by atoms with Crippen molar-refractivity contribution in [3.05, 3.63) is 125 Å². The van der Waals surface area contributed by atoms with E-state index in [1.807, 2.05) is 60.7 Å². The fraction of sp³-hybridized carbons (Fsp3) is 0.188. The first kappa shape index (κ1) is 29.2. The van der Waals surface area contributed by atoms with Crippen molar-refractivity contribution in [1.82, 2.24) is 4.57 Å². The van der Waals surface area contributed by atoms with Gasteiger partial charge in [-0.05, 0) is 59.1 Å². The van der Waals surface area contributed by atoms with Gasteiger partial charge in [0.2, 0.25) is 0 Å². The van der Waals surface area contributed by atoms with E-state index in [1.54, 1.807) is 42.7 Å². The zero-order valence-electron chi connectivity index (χ0n) is 22.9. The number of ether oxygens (including phenoxy) is 3. The van der Waals surface area contributed by atoms with E-state index < -0.39 is 18.0 Å². The third kappa shape index (κ3) is 6.14. The lowest BCUT2D eigenvalue weighted by Crippen LogP contribution is -2.39. The Balaban J connectivity index is 1.64. The van der Waals surface area contributed by atoms with Crippen LogP contribution in [0, 0.1) is 0 Å².